The molecule has 3 N–H and O–H groups in total. The van der Waals surface area contributed by atoms with Crippen LogP contribution in [0.2, 0.25) is 0 Å². The second-order valence-electron chi connectivity index (χ2n) is 9.64. The van der Waals surface area contributed by atoms with Gasteiger partial charge in [-0.2, -0.15) is 0 Å². The van der Waals surface area contributed by atoms with Crippen LogP contribution in [0.15, 0.2) is 65.3 Å². The van der Waals surface area contributed by atoms with Gasteiger partial charge in [-0.05, 0) is 54.3 Å². The third-order valence-electron chi connectivity index (χ3n) is 7.32. The van der Waals surface area contributed by atoms with E-state index in [1.807, 2.05) is 54.6 Å². The fourth-order valence-electron chi connectivity index (χ4n) is 5.60. The normalized spacial score (nSPS) is 18.6. The number of H-pyrrole nitrogens is 1. The highest BCUT2D eigenvalue weighted by Gasteiger charge is 2.42. The topological polar surface area (TPSA) is 124 Å². The molecule has 0 spiro atoms. The van der Waals surface area contributed by atoms with E-state index in [4.69, 9.17) is 9.97 Å². The van der Waals surface area contributed by atoms with E-state index in [0.29, 0.717) is 25.1 Å². The summed E-state index contributed by atoms with van der Waals surface area (Å²) in [6.45, 7) is 0. The Morgan fingerprint density at radius 1 is 1.05 bits per heavy atom. The summed E-state index contributed by atoms with van der Waals surface area (Å²) in [6, 6.07) is 16.6. The molecule has 2 aliphatic rings. The first-order chi connectivity index (χ1) is 18.4. The summed E-state index contributed by atoms with van der Waals surface area (Å²) in [7, 11) is 0. The molecule has 9 nitrogen and oxygen atoms in total. The molecule has 2 aliphatic heterocycles. The zero-order valence-electron chi connectivity index (χ0n) is 20.0. The highest BCUT2D eigenvalue weighted by atomic mass is 79.9. The van der Waals surface area contributed by atoms with E-state index in [1.54, 1.807) is 11.1 Å². The molecule has 5 aromatic rings. The quantitative estimate of drug-likeness (QED) is 0.276. The number of nitrogens with one attached hydrogen (secondary N) is 2. The van der Waals surface area contributed by atoms with E-state index in [9.17, 15) is 14.7 Å². The Morgan fingerprint density at radius 2 is 1.89 bits per heavy atom. The molecule has 0 saturated carbocycles. The zero-order valence-corrected chi connectivity index (χ0v) is 21.6. The number of benzene rings is 3. The second-order valence-corrected chi connectivity index (χ2v) is 10.6. The highest BCUT2D eigenvalue weighted by Crippen LogP contribution is 2.44. The predicted octanol–water partition coefficient (Wildman–Crippen LogP) is 5.15. The van der Waals surface area contributed by atoms with Crippen molar-refractivity contribution in [1.29, 1.82) is 0 Å². The Balaban J connectivity index is 1.27. The number of carbonyl (C=O) groups is 2. The third-order valence-corrected chi connectivity index (χ3v) is 7.81. The molecule has 0 unspecified atom stereocenters. The van der Waals surface area contributed by atoms with Crippen LogP contribution < -0.4 is 10.2 Å². The monoisotopic (exact) mass is 568 g/mol. The lowest BCUT2D eigenvalue weighted by atomic mass is 10.0. The lowest BCUT2D eigenvalue weighted by Crippen LogP contribution is -2.48. The Bertz CT molecular complexity index is 1780. The van der Waals surface area contributed by atoms with E-state index in [-0.39, 0.29) is 11.9 Å². The maximum atomic E-state index is 13.6. The van der Waals surface area contributed by atoms with Gasteiger partial charge >= 0.3 is 6.09 Å². The number of nitrogens with zero attached hydrogens (tertiary/aromatic N) is 4. The molecule has 0 bridgehead atoms. The van der Waals surface area contributed by atoms with Gasteiger partial charge in [0.05, 0.1) is 45.7 Å². The zero-order chi connectivity index (χ0) is 26.0. The number of aromatic amines is 1. The van der Waals surface area contributed by atoms with Gasteiger partial charge in [0.25, 0.3) is 0 Å². The fourth-order valence-corrected chi connectivity index (χ4v) is 5.95. The molecule has 3 aromatic carbocycles. The van der Waals surface area contributed by atoms with Crippen LogP contribution in [0.1, 0.15) is 29.4 Å². The van der Waals surface area contributed by atoms with Crippen LogP contribution in [0.4, 0.5) is 10.5 Å². The number of anilines is 1. The number of hydrogen-bond donors (Lipinski definition) is 3. The number of rotatable bonds is 3. The van der Waals surface area contributed by atoms with Crippen LogP contribution in [-0.2, 0) is 17.6 Å². The largest absolute Gasteiger partial charge is 0.465 e. The Hall–Kier alpha value is -4.31. The van der Waals surface area contributed by atoms with Crippen LogP contribution in [0.5, 0.6) is 0 Å². The van der Waals surface area contributed by atoms with E-state index < -0.39 is 12.1 Å². The van der Waals surface area contributed by atoms with Crippen LogP contribution in [-0.4, -0.2) is 43.1 Å². The number of fused-ring (bicyclic) bond motifs is 2. The van der Waals surface area contributed by atoms with Gasteiger partial charge in [-0.3, -0.25) is 14.7 Å². The summed E-state index contributed by atoms with van der Waals surface area (Å²) in [6.07, 6.45) is 2.20. The molecule has 188 valence electrons. The summed E-state index contributed by atoms with van der Waals surface area (Å²) >= 11 is 3.47. The van der Waals surface area contributed by atoms with Crippen molar-refractivity contribution in [3.63, 3.8) is 0 Å². The first-order valence-electron chi connectivity index (χ1n) is 12.3. The van der Waals surface area contributed by atoms with Gasteiger partial charge in [-0.25, -0.2) is 14.8 Å². The van der Waals surface area contributed by atoms with Gasteiger partial charge in [0.2, 0.25) is 5.91 Å². The average Bonchev–Trinajstić information content (AvgIpc) is 3.48. The maximum absolute atomic E-state index is 13.6. The SMILES string of the molecule is O=C(O)N[C@H]1CCc2cccc3c2N(C1=O)[C@H](c1nc2ccc(-c4cnc5cc(Br)ccc5n4)cc2[nH]1)C3. The summed E-state index contributed by atoms with van der Waals surface area (Å²) in [5, 5.41) is 11.7. The molecular weight excluding hydrogens is 548 g/mol. The van der Waals surface area contributed by atoms with Gasteiger partial charge < -0.3 is 15.4 Å². The number of amides is 2. The Morgan fingerprint density at radius 3 is 2.76 bits per heavy atom. The molecular formula is C28H21BrN6O3. The molecule has 0 radical (unpaired) electrons. The van der Waals surface area contributed by atoms with Crippen molar-refractivity contribution < 1.29 is 14.7 Å². The van der Waals surface area contributed by atoms with E-state index in [0.717, 1.165) is 54.6 Å². The molecule has 2 atom stereocenters. The molecule has 38 heavy (non-hydrogen) atoms. The van der Waals surface area contributed by atoms with Gasteiger partial charge in [-0.15, -0.1) is 0 Å². The fraction of sp³-hybridized carbons (Fsp3) is 0.179. The van der Waals surface area contributed by atoms with Crippen molar-refractivity contribution >= 4 is 55.7 Å². The van der Waals surface area contributed by atoms with Crippen molar-refractivity contribution in [3.8, 4) is 11.3 Å². The first-order valence-corrected chi connectivity index (χ1v) is 13.1. The number of para-hydroxylation sites is 1. The maximum Gasteiger partial charge on any atom is 0.405 e. The summed E-state index contributed by atoms with van der Waals surface area (Å²) < 4.78 is 0.951. The van der Waals surface area contributed by atoms with E-state index >= 15 is 0 Å². The third kappa shape index (κ3) is 3.71. The molecule has 2 aromatic heterocycles. The standard InChI is InChI=1S/C28H21BrN6O3/c29-17-6-9-18-21(12-17)30-13-23(31-18)15-5-7-19-22(10-15)33-26(32-19)24-11-16-3-1-2-14-4-8-20(34-28(37)38)27(36)35(24)25(14)16/h1-3,5-7,9-10,12-13,20,24,34H,4,8,11H2,(H,32,33)(H,37,38)/t20-,24-/m0/s1. The van der Waals surface area contributed by atoms with Gasteiger partial charge in [0.15, 0.2) is 0 Å². The number of imidazole rings is 1. The molecule has 0 fully saturated rings. The lowest BCUT2D eigenvalue weighted by molar-refractivity contribution is -0.120. The molecule has 10 heteroatoms. The van der Waals surface area contributed by atoms with Crippen molar-refractivity contribution in [2.75, 3.05) is 4.90 Å². The average molecular weight is 569 g/mol. The highest BCUT2D eigenvalue weighted by molar-refractivity contribution is 9.10. The number of hydrogen-bond acceptors (Lipinski definition) is 5. The van der Waals surface area contributed by atoms with Crippen molar-refractivity contribution in [2.24, 2.45) is 0 Å². The van der Waals surface area contributed by atoms with Crippen LogP contribution in [0.25, 0.3) is 33.3 Å². The Labute approximate surface area is 225 Å². The van der Waals surface area contributed by atoms with Crippen LogP contribution in [0, 0.1) is 0 Å². The number of carboxylic acid groups (broad SMARTS) is 1. The minimum Gasteiger partial charge on any atom is -0.465 e. The predicted molar refractivity (Wildman–Crippen MR) is 146 cm³/mol. The molecule has 4 heterocycles. The van der Waals surface area contributed by atoms with Gasteiger partial charge in [0.1, 0.15) is 11.9 Å². The minimum atomic E-state index is -1.20. The summed E-state index contributed by atoms with van der Waals surface area (Å²) in [5.74, 6) is 0.415. The Kier molecular flexibility index (Phi) is 5.19. The second kappa shape index (κ2) is 8.63. The number of aryl methyl sites for hydroxylation is 1. The van der Waals surface area contributed by atoms with Crippen LogP contribution in [0.3, 0.4) is 0 Å². The lowest BCUT2D eigenvalue weighted by Gasteiger charge is -2.27. The van der Waals surface area contributed by atoms with Crippen molar-refractivity contribution in [2.45, 2.75) is 31.3 Å². The number of aromatic nitrogens is 4. The minimum absolute atomic E-state index is 0.250. The molecule has 0 saturated heterocycles. The number of halogens is 1. The summed E-state index contributed by atoms with van der Waals surface area (Å²) in [4.78, 5) is 44.4. The molecule has 7 rings (SSSR count). The van der Waals surface area contributed by atoms with Gasteiger partial charge in [-0.1, -0.05) is 40.2 Å². The van der Waals surface area contributed by atoms with E-state index in [1.165, 1.54) is 0 Å². The number of carbonyl (C=O) groups excluding carboxylic acids is 1. The smallest absolute Gasteiger partial charge is 0.405 e. The van der Waals surface area contributed by atoms with Crippen molar-refractivity contribution in [1.82, 2.24) is 25.3 Å². The van der Waals surface area contributed by atoms with Crippen molar-refractivity contribution in [3.05, 3.63) is 82.2 Å². The molecule has 0 aliphatic carbocycles. The first kappa shape index (κ1) is 22.9. The van der Waals surface area contributed by atoms with Crippen LogP contribution >= 0.6 is 15.9 Å². The van der Waals surface area contributed by atoms with Gasteiger partial charge in [0, 0.05) is 16.5 Å². The van der Waals surface area contributed by atoms with E-state index in [2.05, 4.69) is 31.2 Å². The molecule has 2 amide bonds. The summed E-state index contributed by atoms with van der Waals surface area (Å²) in [5.41, 5.74) is 7.88.